The van der Waals surface area contributed by atoms with E-state index in [2.05, 4.69) is 0 Å². The second-order valence-corrected chi connectivity index (χ2v) is 4.67. The van der Waals surface area contributed by atoms with Crippen LogP contribution in [0, 0.1) is 0 Å². The minimum Gasteiger partial charge on any atom is -0.394 e. The molecule has 0 aliphatic heterocycles. The van der Waals surface area contributed by atoms with Crippen LogP contribution < -0.4 is 0 Å². The molecule has 12 nitrogen and oxygen atoms in total. The van der Waals surface area contributed by atoms with Crippen molar-refractivity contribution in [1.82, 2.24) is 0 Å². The maximum atomic E-state index is 10.5. The SMILES string of the molecule is O=C(CO)[C@@H](O)[C@H](O)[C@@H](O)CO.O=C[C@@H](O)[C@@H](O)[C@H](O)[C@H](O)CO. The van der Waals surface area contributed by atoms with Gasteiger partial charge in [-0.2, -0.15) is 0 Å². The molecular weight excluding hydrogens is 336 g/mol. The monoisotopic (exact) mass is 360 g/mol. The molecule has 0 rings (SSSR count). The first-order chi connectivity index (χ1) is 11.1. The minimum absolute atomic E-state index is 0.0258. The van der Waals surface area contributed by atoms with E-state index in [1.165, 1.54) is 0 Å². The van der Waals surface area contributed by atoms with Crippen LogP contribution >= 0.6 is 0 Å². The number of ketones is 1. The molecule has 0 spiro atoms. The van der Waals surface area contributed by atoms with Crippen LogP contribution in [0.15, 0.2) is 0 Å². The van der Waals surface area contributed by atoms with Crippen molar-refractivity contribution in [1.29, 1.82) is 0 Å². The summed E-state index contributed by atoms with van der Waals surface area (Å²) in [5.41, 5.74) is 0. The fraction of sp³-hybridized carbons (Fsp3) is 0.833. The second-order valence-electron chi connectivity index (χ2n) is 4.67. The lowest BCUT2D eigenvalue weighted by atomic mass is 10.0. The highest BCUT2D eigenvalue weighted by Crippen LogP contribution is 2.03. The summed E-state index contributed by atoms with van der Waals surface area (Å²) in [6, 6.07) is 0. The lowest BCUT2D eigenvalue weighted by Gasteiger charge is -2.22. The first-order valence-electron chi connectivity index (χ1n) is 6.65. The molecule has 0 saturated carbocycles. The zero-order valence-corrected chi connectivity index (χ0v) is 12.5. The quantitative estimate of drug-likeness (QED) is 0.164. The predicted octanol–water partition coefficient (Wildman–Crippen LogP) is -6.76. The number of aliphatic hydroxyl groups excluding tert-OH is 10. The van der Waals surface area contributed by atoms with E-state index in [4.69, 9.17) is 51.1 Å². The Hall–Kier alpha value is -1.06. The highest BCUT2D eigenvalue weighted by Gasteiger charge is 2.30. The van der Waals surface area contributed by atoms with E-state index in [1.54, 1.807) is 0 Å². The molecule has 144 valence electrons. The van der Waals surface area contributed by atoms with Crippen LogP contribution in [-0.2, 0) is 9.59 Å². The van der Waals surface area contributed by atoms with E-state index in [0.29, 0.717) is 0 Å². The minimum atomic E-state index is -1.86. The Labute approximate surface area is 136 Å². The van der Waals surface area contributed by atoms with Crippen molar-refractivity contribution >= 4 is 12.1 Å². The van der Waals surface area contributed by atoms with Crippen LogP contribution in [0.1, 0.15) is 0 Å². The lowest BCUT2D eigenvalue weighted by Crippen LogP contribution is -2.46. The summed E-state index contributed by atoms with van der Waals surface area (Å²) < 4.78 is 0. The molecule has 10 N–H and O–H groups in total. The van der Waals surface area contributed by atoms with Gasteiger partial charge in [-0.3, -0.25) is 4.79 Å². The number of carbonyl (C=O) groups is 2. The smallest absolute Gasteiger partial charge is 0.189 e. The van der Waals surface area contributed by atoms with Crippen molar-refractivity contribution in [2.45, 2.75) is 42.7 Å². The zero-order valence-electron chi connectivity index (χ0n) is 12.5. The summed E-state index contributed by atoms with van der Waals surface area (Å²) in [6.07, 6.45) is -12.1. The summed E-state index contributed by atoms with van der Waals surface area (Å²) in [7, 11) is 0. The van der Waals surface area contributed by atoms with Crippen LogP contribution in [-0.4, -0.2) is 126 Å². The van der Waals surface area contributed by atoms with E-state index in [-0.39, 0.29) is 6.29 Å². The third-order valence-corrected chi connectivity index (χ3v) is 2.81. The fourth-order valence-corrected chi connectivity index (χ4v) is 1.22. The molecule has 0 aliphatic rings. The van der Waals surface area contributed by atoms with Gasteiger partial charge in [-0.1, -0.05) is 0 Å². The Kier molecular flexibility index (Phi) is 13.9. The van der Waals surface area contributed by atoms with E-state index >= 15 is 0 Å². The summed E-state index contributed by atoms with van der Waals surface area (Å²) >= 11 is 0. The molecule has 0 saturated heterocycles. The molecule has 24 heavy (non-hydrogen) atoms. The number of Topliss-reactive ketones (excluding diaryl/α,β-unsaturated/α-hetero) is 1. The van der Waals surface area contributed by atoms with Crippen LogP contribution in [0.4, 0.5) is 0 Å². The van der Waals surface area contributed by atoms with Crippen LogP contribution in [0.5, 0.6) is 0 Å². The third-order valence-electron chi connectivity index (χ3n) is 2.81. The van der Waals surface area contributed by atoms with Crippen molar-refractivity contribution in [3.8, 4) is 0 Å². The number of hydrogen-bond acceptors (Lipinski definition) is 12. The molecule has 0 fully saturated rings. The Morgan fingerprint density at radius 2 is 1.17 bits per heavy atom. The number of aliphatic hydroxyl groups is 10. The molecule has 0 radical (unpaired) electrons. The molecule has 0 heterocycles. The van der Waals surface area contributed by atoms with Gasteiger partial charge in [0.15, 0.2) is 12.1 Å². The molecular formula is C12H24O12. The molecule has 0 aromatic rings. The summed E-state index contributed by atoms with van der Waals surface area (Å²) in [4.78, 5) is 20.4. The molecule has 0 bridgehead atoms. The maximum absolute atomic E-state index is 10.5. The van der Waals surface area contributed by atoms with Crippen LogP contribution in [0.25, 0.3) is 0 Å². The first-order valence-corrected chi connectivity index (χ1v) is 6.65. The van der Waals surface area contributed by atoms with Gasteiger partial charge < -0.3 is 55.9 Å². The average Bonchev–Trinajstić information content (AvgIpc) is 2.62. The standard InChI is InChI=1S/2C6H12O6/c2*7-1-3(9)5(11)6(12)4(10)2-8/h3,5-9,11-12H,1-2H2;1,3-6,8-12H,2H2/t3-,5+,6+;3-,4-,5-,6-/m01/s1. The van der Waals surface area contributed by atoms with E-state index in [0.717, 1.165) is 0 Å². The van der Waals surface area contributed by atoms with Gasteiger partial charge in [0, 0.05) is 0 Å². The number of aldehydes is 1. The van der Waals surface area contributed by atoms with Crippen molar-refractivity contribution < 1.29 is 60.7 Å². The van der Waals surface area contributed by atoms with E-state index < -0.39 is 68.3 Å². The Morgan fingerprint density at radius 1 is 0.750 bits per heavy atom. The van der Waals surface area contributed by atoms with Gasteiger partial charge in [-0.05, 0) is 0 Å². The summed E-state index contributed by atoms with van der Waals surface area (Å²) in [6.45, 7) is -2.45. The number of rotatable bonds is 10. The zero-order chi connectivity index (χ0) is 19.4. The largest absolute Gasteiger partial charge is 0.394 e. The summed E-state index contributed by atoms with van der Waals surface area (Å²) in [5, 5.41) is 86.6. The molecule has 0 amide bonds. The van der Waals surface area contributed by atoms with Gasteiger partial charge in [0.1, 0.15) is 49.3 Å². The highest BCUT2D eigenvalue weighted by atomic mass is 16.4. The predicted molar refractivity (Wildman–Crippen MR) is 74.4 cm³/mol. The van der Waals surface area contributed by atoms with Gasteiger partial charge in [-0.25, -0.2) is 0 Å². The number of hydrogen-bond donors (Lipinski definition) is 10. The van der Waals surface area contributed by atoms with Crippen molar-refractivity contribution in [2.75, 3.05) is 19.8 Å². The lowest BCUT2D eigenvalue weighted by molar-refractivity contribution is -0.142. The normalized spacial score (nSPS) is 19.8. The van der Waals surface area contributed by atoms with Crippen molar-refractivity contribution in [3.05, 3.63) is 0 Å². The average molecular weight is 360 g/mol. The van der Waals surface area contributed by atoms with Gasteiger partial charge in [0.25, 0.3) is 0 Å². The fourth-order valence-electron chi connectivity index (χ4n) is 1.22. The van der Waals surface area contributed by atoms with Gasteiger partial charge in [-0.15, -0.1) is 0 Å². The Morgan fingerprint density at radius 3 is 1.50 bits per heavy atom. The molecule has 0 aromatic carbocycles. The second kappa shape index (κ2) is 13.3. The third kappa shape index (κ3) is 8.70. The maximum Gasteiger partial charge on any atom is 0.189 e. The Bertz CT molecular complexity index is 351. The van der Waals surface area contributed by atoms with Gasteiger partial charge in [0.05, 0.1) is 13.2 Å². The van der Waals surface area contributed by atoms with Crippen molar-refractivity contribution in [2.24, 2.45) is 0 Å². The Balaban J connectivity index is 0. The topological polar surface area (TPSA) is 236 Å². The molecule has 0 unspecified atom stereocenters. The highest BCUT2D eigenvalue weighted by molar-refractivity contribution is 5.84. The van der Waals surface area contributed by atoms with E-state index in [9.17, 15) is 9.59 Å². The molecule has 0 aromatic heterocycles. The van der Waals surface area contributed by atoms with E-state index in [1.807, 2.05) is 0 Å². The van der Waals surface area contributed by atoms with Crippen LogP contribution in [0.3, 0.4) is 0 Å². The number of carbonyl (C=O) groups excluding carboxylic acids is 2. The van der Waals surface area contributed by atoms with Crippen LogP contribution in [0.2, 0.25) is 0 Å². The molecule has 12 heteroatoms. The van der Waals surface area contributed by atoms with Gasteiger partial charge >= 0.3 is 0 Å². The van der Waals surface area contributed by atoms with Gasteiger partial charge in [0.2, 0.25) is 0 Å². The van der Waals surface area contributed by atoms with Crippen molar-refractivity contribution in [3.63, 3.8) is 0 Å². The first kappa shape index (κ1) is 25.2. The summed E-state index contributed by atoms with van der Waals surface area (Å²) in [5.74, 6) is -1.00. The molecule has 0 aliphatic carbocycles. The molecule has 7 atom stereocenters.